The van der Waals surface area contributed by atoms with Crippen molar-refractivity contribution in [1.29, 1.82) is 0 Å². The fourth-order valence-corrected chi connectivity index (χ4v) is 3.48. The Morgan fingerprint density at radius 1 is 1.39 bits per heavy atom. The standard InChI is InChI=1S/C17H25N3O2S/c1-11-14(18-6)15(23-17(3,4)5)12(2)20(11)13(9-8-10-21)16(22)19-7/h10,13H,1-2,6,8-9H2,3-5,7H3,(H,19,22). The van der Waals surface area contributed by atoms with Gasteiger partial charge < -0.3 is 14.7 Å². The summed E-state index contributed by atoms with van der Waals surface area (Å²) in [5.41, 5.74) is 0.648. The average Bonchev–Trinajstić information content (AvgIpc) is 2.69. The first-order valence-electron chi connectivity index (χ1n) is 7.41. The molecule has 0 saturated heterocycles. The molecule has 0 fully saturated rings. The number of aromatic nitrogens is 1. The molecule has 0 spiro atoms. The molecule has 1 rings (SSSR count). The van der Waals surface area contributed by atoms with Gasteiger partial charge in [-0.05, 0) is 13.1 Å². The van der Waals surface area contributed by atoms with Crippen molar-refractivity contribution in [2.24, 2.45) is 4.99 Å². The third-order valence-electron chi connectivity index (χ3n) is 3.32. The maximum Gasteiger partial charge on any atom is 0.242 e. The van der Waals surface area contributed by atoms with E-state index in [4.69, 9.17) is 0 Å². The van der Waals surface area contributed by atoms with Crippen molar-refractivity contribution >= 4 is 49.5 Å². The van der Waals surface area contributed by atoms with Gasteiger partial charge in [0.2, 0.25) is 5.91 Å². The van der Waals surface area contributed by atoms with Gasteiger partial charge in [0.1, 0.15) is 18.0 Å². The van der Waals surface area contributed by atoms with Crippen LogP contribution in [0.1, 0.15) is 39.7 Å². The Morgan fingerprint density at radius 3 is 2.43 bits per heavy atom. The third kappa shape index (κ3) is 4.34. The van der Waals surface area contributed by atoms with E-state index in [1.165, 1.54) is 0 Å². The van der Waals surface area contributed by atoms with Gasteiger partial charge >= 0.3 is 0 Å². The molecular weight excluding hydrogens is 310 g/mol. The highest BCUT2D eigenvalue weighted by Crippen LogP contribution is 2.34. The van der Waals surface area contributed by atoms with Gasteiger partial charge in [-0.3, -0.25) is 9.79 Å². The lowest BCUT2D eigenvalue weighted by Crippen LogP contribution is -2.39. The molecule has 0 aliphatic heterocycles. The van der Waals surface area contributed by atoms with Crippen LogP contribution < -0.4 is 16.0 Å². The minimum absolute atomic E-state index is 0.0458. The molecule has 5 nitrogen and oxygen atoms in total. The molecule has 0 bridgehead atoms. The number of hydrogen-bond donors (Lipinski definition) is 1. The largest absolute Gasteiger partial charge is 0.357 e. The molecule has 1 amide bonds. The lowest BCUT2D eigenvalue weighted by Gasteiger charge is -2.19. The quantitative estimate of drug-likeness (QED) is 0.469. The zero-order chi connectivity index (χ0) is 17.8. The van der Waals surface area contributed by atoms with Crippen LogP contribution >= 0.6 is 11.8 Å². The molecule has 0 aliphatic carbocycles. The minimum atomic E-state index is -0.542. The van der Waals surface area contributed by atoms with Crippen LogP contribution in [-0.4, -0.2) is 35.3 Å². The molecule has 23 heavy (non-hydrogen) atoms. The molecule has 0 aliphatic rings. The van der Waals surface area contributed by atoms with Gasteiger partial charge in [0.25, 0.3) is 0 Å². The summed E-state index contributed by atoms with van der Waals surface area (Å²) in [5, 5.41) is 3.91. The first kappa shape index (κ1) is 19.2. The predicted octanol–water partition coefficient (Wildman–Crippen LogP) is 1.80. The number of likely N-dealkylation sites (N-methyl/N-ethyl adjacent to an activating group) is 1. The van der Waals surface area contributed by atoms with E-state index in [9.17, 15) is 9.59 Å². The zero-order valence-electron chi connectivity index (χ0n) is 14.3. The summed E-state index contributed by atoms with van der Waals surface area (Å²) in [6.07, 6.45) is 1.48. The molecule has 0 aromatic carbocycles. The lowest BCUT2D eigenvalue weighted by molar-refractivity contribution is -0.124. The summed E-state index contributed by atoms with van der Waals surface area (Å²) >= 11 is 1.62. The number of amides is 1. The number of nitrogens with one attached hydrogen (secondary N) is 1. The Labute approximate surface area is 141 Å². The van der Waals surface area contributed by atoms with Gasteiger partial charge in [0, 0.05) is 18.2 Å². The van der Waals surface area contributed by atoms with Crippen molar-refractivity contribution < 1.29 is 9.59 Å². The number of aliphatic imine (C=N–C) groups is 1. The van der Waals surface area contributed by atoms with E-state index in [0.717, 1.165) is 11.2 Å². The van der Waals surface area contributed by atoms with Gasteiger partial charge in [-0.2, -0.15) is 0 Å². The van der Waals surface area contributed by atoms with Crippen LogP contribution in [0, 0.1) is 0 Å². The Bertz CT molecular complexity index is 701. The molecule has 6 heteroatoms. The summed E-state index contributed by atoms with van der Waals surface area (Å²) in [7, 11) is 1.57. The van der Waals surface area contributed by atoms with Crippen LogP contribution in [0.4, 0.5) is 5.69 Å². The normalized spacial score (nSPS) is 12.7. The second-order valence-electron chi connectivity index (χ2n) is 6.19. The fraction of sp³-hybridized carbons (Fsp3) is 0.471. The Kier molecular flexibility index (Phi) is 6.38. The van der Waals surface area contributed by atoms with Gasteiger partial charge in [-0.1, -0.05) is 33.9 Å². The highest BCUT2D eigenvalue weighted by atomic mass is 32.2. The maximum atomic E-state index is 12.3. The van der Waals surface area contributed by atoms with Crippen LogP contribution in [0.2, 0.25) is 0 Å². The van der Waals surface area contributed by atoms with E-state index in [0.29, 0.717) is 22.8 Å². The summed E-state index contributed by atoms with van der Waals surface area (Å²) in [5.74, 6) is -0.181. The van der Waals surface area contributed by atoms with Gasteiger partial charge in [0.15, 0.2) is 0 Å². The van der Waals surface area contributed by atoms with Crippen molar-refractivity contribution in [3.05, 3.63) is 10.7 Å². The highest BCUT2D eigenvalue weighted by molar-refractivity contribution is 8.00. The van der Waals surface area contributed by atoms with Gasteiger partial charge in [-0.15, -0.1) is 11.8 Å². The molecule has 1 aromatic rings. The second kappa shape index (κ2) is 7.64. The Balaban J connectivity index is 3.54. The molecule has 126 valence electrons. The van der Waals surface area contributed by atoms with Crippen molar-refractivity contribution in [1.82, 2.24) is 9.88 Å². The van der Waals surface area contributed by atoms with E-state index in [-0.39, 0.29) is 17.1 Å². The van der Waals surface area contributed by atoms with Crippen LogP contribution in [-0.2, 0) is 9.59 Å². The number of rotatable bonds is 7. The average molecular weight is 335 g/mol. The maximum absolute atomic E-state index is 12.3. The van der Waals surface area contributed by atoms with E-state index in [2.05, 4.69) is 51.0 Å². The minimum Gasteiger partial charge on any atom is -0.357 e. The van der Waals surface area contributed by atoms with E-state index in [1.807, 2.05) is 0 Å². The first-order valence-corrected chi connectivity index (χ1v) is 8.22. The number of carbonyl (C=O) groups excluding carboxylic acids is 2. The predicted molar refractivity (Wildman–Crippen MR) is 97.9 cm³/mol. The number of hydrogen-bond acceptors (Lipinski definition) is 4. The Morgan fingerprint density at radius 2 is 2.00 bits per heavy atom. The lowest BCUT2D eigenvalue weighted by atomic mass is 10.1. The SMILES string of the molecule is C=Nc1c(SC(C)(C)C)c(=C)n(C(CCC=O)C(=O)NC)c1=C. The Hall–Kier alpha value is -1.82. The van der Waals surface area contributed by atoms with E-state index >= 15 is 0 Å². The summed E-state index contributed by atoms with van der Waals surface area (Å²) < 4.78 is 1.72. The third-order valence-corrected chi connectivity index (χ3v) is 4.56. The topological polar surface area (TPSA) is 63.5 Å². The van der Waals surface area contributed by atoms with E-state index in [1.54, 1.807) is 23.4 Å². The first-order chi connectivity index (χ1) is 10.7. The molecule has 1 N–H and O–H groups in total. The number of thioether (sulfide) groups is 1. The van der Waals surface area contributed by atoms with Crippen LogP contribution in [0.5, 0.6) is 0 Å². The zero-order valence-corrected chi connectivity index (χ0v) is 15.1. The van der Waals surface area contributed by atoms with Crippen LogP contribution in [0.15, 0.2) is 9.89 Å². The number of nitrogens with zero attached hydrogens (tertiary/aromatic N) is 2. The molecule has 1 aromatic heterocycles. The van der Waals surface area contributed by atoms with Crippen LogP contribution in [0.25, 0.3) is 13.2 Å². The highest BCUT2D eigenvalue weighted by Gasteiger charge is 2.25. The smallest absolute Gasteiger partial charge is 0.242 e. The summed E-state index contributed by atoms with van der Waals surface area (Å²) in [4.78, 5) is 28.0. The molecular formula is C17H25N3O2S. The number of carbonyl (C=O) groups is 2. The van der Waals surface area contributed by atoms with Gasteiger partial charge in [0.05, 0.1) is 15.6 Å². The van der Waals surface area contributed by atoms with Crippen molar-refractivity contribution in [2.45, 2.75) is 49.3 Å². The number of aldehydes is 1. The van der Waals surface area contributed by atoms with Crippen LogP contribution in [0.3, 0.4) is 0 Å². The van der Waals surface area contributed by atoms with Crippen molar-refractivity contribution in [3.8, 4) is 0 Å². The monoisotopic (exact) mass is 335 g/mol. The van der Waals surface area contributed by atoms with Crippen molar-refractivity contribution in [2.75, 3.05) is 7.05 Å². The summed E-state index contributed by atoms with van der Waals surface area (Å²) in [6, 6.07) is -0.542. The molecule has 0 saturated carbocycles. The molecule has 0 radical (unpaired) electrons. The van der Waals surface area contributed by atoms with Gasteiger partial charge in [-0.25, -0.2) is 0 Å². The van der Waals surface area contributed by atoms with E-state index < -0.39 is 6.04 Å². The molecule has 1 atom stereocenters. The summed E-state index contributed by atoms with van der Waals surface area (Å²) in [6.45, 7) is 18.1. The fourth-order valence-electron chi connectivity index (χ4n) is 2.38. The van der Waals surface area contributed by atoms with Crippen molar-refractivity contribution in [3.63, 3.8) is 0 Å². The molecule has 1 unspecified atom stereocenters. The second-order valence-corrected chi connectivity index (χ2v) is 8.02. The molecule has 1 heterocycles.